The van der Waals surface area contributed by atoms with Gasteiger partial charge in [0.15, 0.2) is 0 Å². The van der Waals surface area contributed by atoms with Crippen molar-refractivity contribution in [2.75, 3.05) is 36.8 Å². The zero-order valence-corrected chi connectivity index (χ0v) is 16.4. The smallest absolute Gasteiger partial charge is 0.292 e. The largest absolute Gasteiger partial charge is 0.362 e. The standard InChI is InChI=1S/C18H18BrN3O3S/c19-14-5-7-15(8-6-14)26-13-18(23)21-11-9-20(10-12-21)16-3-1-2-4-17(16)22(24)25/h1-8H,9-13H2. The van der Waals surface area contributed by atoms with Gasteiger partial charge in [0.05, 0.1) is 10.7 Å². The molecular formula is C18H18BrN3O3S. The number of anilines is 1. The monoisotopic (exact) mass is 435 g/mol. The van der Waals surface area contributed by atoms with Crippen LogP contribution in [0.4, 0.5) is 11.4 Å². The summed E-state index contributed by atoms with van der Waals surface area (Å²) in [7, 11) is 0. The maximum Gasteiger partial charge on any atom is 0.292 e. The normalized spacial score (nSPS) is 14.3. The van der Waals surface area contributed by atoms with Crippen LogP contribution in [0, 0.1) is 10.1 Å². The van der Waals surface area contributed by atoms with Crippen LogP contribution in [0.1, 0.15) is 0 Å². The lowest BCUT2D eigenvalue weighted by atomic mass is 10.2. The Labute approximate surface area is 164 Å². The molecule has 0 radical (unpaired) electrons. The van der Waals surface area contributed by atoms with Crippen molar-refractivity contribution in [3.63, 3.8) is 0 Å². The highest BCUT2D eigenvalue weighted by atomic mass is 79.9. The Hall–Kier alpha value is -2.06. The van der Waals surface area contributed by atoms with Gasteiger partial charge in [0.1, 0.15) is 5.69 Å². The van der Waals surface area contributed by atoms with Gasteiger partial charge in [-0.25, -0.2) is 0 Å². The summed E-state index contributed by atoms with van der Waals surface area (Å²) >= 11 is 4.92. The first-order valence-corrected chi connectivity index (χ1v) is 9.97. The predicted molar refractivity (Wildman–Crippen MR) is 107 cm³/mol. The van der Waals surface area contributed by atoms with Crippen molar-refractivity contribution < 1.29 is 9.72 Å². The number of nitro benzene ring substituents is 1. The molecule has 0 unspecified atom stereocenters. The zero-order chi connectivity index (χ0) is 18.5. The minimum atomic E-state index is -0.359. The third kappa shape index (κ3) is 4.56. The molecule has 2 aromatic rings. The van der Waals surface area contributed by atoms with Crippen LogP contribution in [-0.4, -0.2) is 47.7 Å². The number of amides is 1. The summed E-state index contributed by atoms with van der Waals surface area (Å²) < 4.78 is 1.01. The molecule has 26 heavy (non-hydrogen) atoms. The number of rotatable bonds is 5. The molecule has 0 saturated carbocycles. The van der Waals surface area contributed by atoms with Gasteiger partial charge in [0.25, 0.3) is 5.69 Å². The van der Waals surface area contributed by atoms with E-state index in [1.807, 2.05) is 34.1 Å². The molecular weight excluding hydrogens is 418 g/mol. The van der Waals surface area contributed by atoms with E-state index in [0.29, 0.717) is 37.6 Å². The quantitative estimate of drug-likeness (QED) is 0.405. The number of hydrogen-bond donors (Lipinski definition) is 0. The highest BCUT2D eigenvalue weighted by molar-refractivity contribution is 9.10. The summed E-state index contributed by atoms with van der Waals surface area (Å²) in [5.41, 5.74) is 0.729. The van der Waals surface area contributed by atoms with Gasteiger partial charge in [-0.3, -0.25) is 14.9 Å². The van der Waals surface area contributed by atoms with E-state index in [0.717, 1.165) is 9.37 Å². The average Bonchev–Trinajstić information content (AvgIpc) is 2.67. The SMILES string of the molecule is O=C(CSc1ccc(Br)cc1)N1CCN(c2ccccc2[N+](=O)[O-])CC1. The average molecular weight is 436 g/mol. The van der Waals surface area contributed by atoms with Gasteiger partial charge >= 0.3 is 0 Å². The second kappa shape index (κ2) is 8.55. The minimum absolute atomic E-state index is 0.0973. The molecule has 0 N–H and O–H groups in total. The van der Waals surface area contributed by atoms with Crippen molar-refractivity contribution >= 4 is 45.0 Å². The van der Waals surface area contributed by atoms with Gasteiger partial charge in [-0.05, 0) is 30.3 Å². The number of halogens is 1. The molecule has 1 amide bonds. The van der Waals surface area contributed by atoms with E-state index in [1.165, 1.54) is 17.8 Å². The Morgan fingerprint density at radius 3 is 2.38 bits per heavy atom. The Morgan fingerprint density at radius 2 is 1.73 bits per heavy atom. The highest BCUT2D eigenvalue weighted by Gasteiger charge is 2.25. The summed E-state index contributed by atoms with van der Waals surface area (Å²) in [4.78, 5) is 28.1. The minimum Gasteiger partial charge on any atom is -0.362 e. The van der Waals surface area contributed by atoms with Gasteiger partial charge in [-0.15, -0.1) is 11.8 Å². The maximum atomic E-state index is 12.4. The molecule has 0 aromatic heterocycles. The second-order valence-corrected chi connectivity index (χ2v) is 7.82. The third-order valence-electron chi connectivity index (χ3n) is 4.23. The number of thioether (sulfide) groups is 1. The highest BCUT2D eigenvalue weighted by Crippen LogP contribution is 2.28. The van der Waals surface area contributed by atoms with Crippen LogP contribution in [0.3, 0.4) is 0 Å². The van der Waals surface area contributed by atoms with Gasteiger partial charge < -0.3 is 9.80 Å². The van der Waals surface area contributed by atoms with Crippen molar-refractivity contribution in [3.05, 3.63) is 63.1 Å². The van der Waals surface area contributed by atoms with E-state index in [4.69, 9.17) is 0 Å². The Bertz CT molecular complexity index is 793. The van der Waals surface area contributed by atoms with Gasteiger partial charge in [0, 0.05) is 41.6 Å². The molecule has 3 rings (SSSR count). The molecule has 136 valence electrons. The summed E-state index contributed by atoms with van der Waals surface area (Å²) in [6.45, 7) is 2.34. The number of nitrogens with zero attached hydrogens (tertiary/aromatic N) is 3. The molecule has 1 heterocycles. The maximum absolute atomic E-state index is 12.4. The van der Waals surface area contributed by atoms with E-state index in [9.17, 15) is 14.9 Å². The van der Waals surface area contributed by atoms with Crippen LogP contribution < -0.4 is 4.90 Å². The summed E-state index contributed by atoms with van der Waals surface area (Å²) in [5.74, 6) is 0.493. The number of para-hydroxylation sites is 2. The van der Waals surface area contributed by atoms with Crippen LogP contribution in [0.25, 0.3) is 0 Å². The molecule has 1 fully saturated rings. The molecule has 0 atom stereocenters. The Kier molecular flexibility index (Phi) is 6.16. The van der Waals surface area contributed by atoms with E-state index in [1.54, 1.807) is 18.2 Å². The molecule has 1 aliphatic rings. The lowest BCUT2D eigenvalue weighted by Gasteiger charge is -2.35. The van der Waals surface area contributed by atoms with E-state index >= 15 is 0 Å². The van der Waals surface area contributed by atoms with E-state index < -0.39 is 0 Å². The molecule has 0 aliphatic carbocycles. The number of piperazine rings is 1. The molecule has 0 spiro atoms. The number of nitro groups is 1. The molecule has 1 saturated heterocycles. The van der Waals surface area contributed by atoms with Gasteiger partial charge in [-0.1, -0.05) is 28.1 Å². The predicted octanol–water partition coefficient (Wildman–Crippen LogP) is 3.80. The van der Waals surface area contributed by atoms with E-state index in [-0.39, 0.29) is 16.5 Å². The fourth-order valence-electron chi connectivity index (χ4n) is 2.85. The second-order valence-electron chi connectivity index (χ2n) is 5.86. The van der Waals surface area contributed by atoms with Crippen LogP contribution >= 0.6 is 27.7 Å². The first-order chi connectivity index (χ1) is 12.5. The lowest BCUT2D eigenvalue weighted by Crippen LogP contribution is -2.49. The summed E-state index contributed by atoms with van der Waals surface area (Å²) in [6.07, 6.45) is 0. The van der Waals surface area contributed by atoms with Gasteiger partial charge in [0.2, 0.25) is 5.91 Å². The molecule has 0 bridgehead atoms. The first kappa shape index (κ1) is 18.7. The Morgan fingerprint density at radius 1 is 1.08 bits per heavy atom. The number of hydrogen-bond acceptors (Lipinski definition) is 5. The van der Waals surface area contributed by atoms with Crippen LogP contribution in [0.15, 0.2) is 57.9 Å². The van der Waals surface area contributed by atoms with Crippen LogP contribution in [0.5, 0.6) is 0 Å². The topological polar surface area (TPSA) is 66.7 Å². The Balaban J connectivity index is 1.54. The molecule has 1 aliphatic heterocycles. The number of carbonyl (C=O) groups is 1. The first-order valence-electron chi connectivity index (χ1n) is 8.19. The van der Waals surface area contributed by atoms with Crippen LogP contribution in [0.2, 0.25) is 0 Å². The third-order valence-corrected chi connectivity index (χ3v) is 5.75. The lowest BCUT2D eigenvalue weighted by molar-refractivity contribution is -0.384. The van der Waals surface area contributed by atoms with Crippen molar-refractivity contribution in [1.82, 2.24) is 4.90 Å². The van der Waals surface area contributed by atoms with Crippen LogP contribution in [-0.2, 0) is 4.79 Å². The van der Waals surface area contributed by atoms with Crippen molar-refractivity contribution in [2.24, 2.45) is 0 Å². The number of benzene rings is 2. The van der Waals surface area contributed by atoms with Gasteiger partial charge in [-0.2, -0.15) is 0 Å². The van der Waals surface area contributed by atoms with Crippen molar-refractivity contribution in [1.29, 1.82) is 0 Å². The zero-order valence-electron chi connectivity index (χ0n) is 14.0. The van der Waals surface area contributed by atoms with E-state index in [2.05, 4.69) is 15.9 Å². The molecule has 6 nitrogen and oxygen atoms in total. The molecule has 2 aromatic carbocycles. The number of carbonyl (C=O) groups excluding carboxylic acids is 1. The fourth-order valence-corrected chi connectivity index (χ4v) is 3.92. The van der Waals surface area contributed by atoms with Crippen molar-refractivity contribution in [2.45, 2.75) is 4.90 Å². The summed E-state index contributed by atoms with van der Waals surface area (Å²) in [6, 6.07) is 14.6. The summed E-state index contributed by atoms with van der Waals surface area (Å²) in [5, 5.41) is 11.2. The van der Waals surface area contributed by atoms with Crippen molar-refractivity contribution in [3.8, 4) is 0 Å². The fraction of sp³-hybridized carbons (Fsp3) is 0.278. The molecule has 8 heteroatoms.